The van der Waals surface area contributed by atoms with E-state index in [2.05, 4.69) is 10.6 Å². The third-order valence-electron chi connectivity index (χ3n) is 4.81. The lowest BCUT2D eigenvalue weighted by atomic mass is 10.1. The first-order valence-electron chi connectivity index (χ1n) is 9.05. The number of hydrogen-bond donors (Lipinski definition) is 2. The lowest BCUT2D eigenvalue weighted by Crippen LogP contribution is -2.34. The summed E-state index contributed by atoms with van der Waals surface area (Å²) in [6, 6.07) is 3.96. The predicted molar refractivity (Wildman–Crippen MR) is 103 cm³/mol. The van der Waals surface area contributed by atoms with Crippen molar-refractivity contribution >= 4 is 27.3 Å². The number of aryl methyl sites for hydroxylation is 3. The van der Waals surface area contributed by atoms with Crippen molar-refractivity contribution in [3.63, 3.8) is 0 Å². The molecular weight excluding hydrogens is 352 g/mol. The Morgan fingerprint density at radius 1 is 1.04 bits per heavy atom. The molecule has 0 atom stereocenters. The molecule has 6 nitrogen and oxygen atoms in total. The lowest BCUT2D eigenvalue weighted by molar-refractivity contribution is -0.123. The minimum atomic E-state index is -3.22. The minimum absolute atomic E-state index is 0.102. The van der Waals surface area contributed by atoms with Gasteiger partial charge in [-0.25, -0.2) is 8.42 Å². The SMILES string of the molecule is Cc1cc(C)c(NC(=O)CNC(=O)CCS(=O)(=O)C2CCCC2)c(C)c1. The summed E-state index contributed by atoms with van der Waals surface area (Å²) in [6.07, 6.45) is 3.17. The van der Waals surface area contributed by atoms with Crippen molar-refractivity contribution in [2.75, 3.05) is 17.6 Å². The molecule has 1 aromatic rings. The second kappa shape index (κ2) is 8.66. The van der Waals surface area contributed by atoms with Crippen molar-refractivity contribution in [3.8, 4) is 0 Å². The van der Waals surface area contributed by atoms with Crippen LogP contribution in [0, 0.1) is 20.8 Å². The highest BCUT2D eigenvalue weighted by atomic mass is 32.2. The van der Waals surface area contributed by atoms with E-state index in [4.69, 9.17) is 0 Å². The number of sulfone groups is 1. The van der Waals surface area contributed by atoms with Gasteiger partial charge in [-0.3, -0.25) is 9.59 Å². The summed E-state index contributed by atoms with van der Waals surface area (Å²) >= 11 is 0. The van der Waals surface area contributed by atoms with Gasteiger partial charge >= 0.3 is 0 Å². The Hall–Kier alpha value is -1.89. The first-order chi connectivity index (χ1) is 12.2. The molecule has 0 bridgehead atoms. The van der Waals surface area contributed by atoms with E-state index in [9.17, 15) is 18.0 Å². The van der Waals surface area contributed by atoms with Crippen LogP contribution in [0.1, 0.15) is 48.8 Å². The molecule has 1 aliphatic carbocycles. The zero-order chi connectivity index (χ0) is 19.3. The smallest absolute Gasteiger partial charge is 0.243 e. The maximum atomic E-state index is 12.2. The highest BCUT2D eigenvalue weighted by Crippen LogP contribution is 2.25. The molecule has 2 rings (SSSR count). The van der Waals surface area contributed by atoms with E-state index in [1.807, 2.05) is 32.9 Å². The quantitative estimate of drug-likeness (QED) is 0.760. The Bertz CT molecular complexity index is 758. The van der Waals surface area contributed by atoms with Gasteiger partial charge in [0.25, 0.3) is 0 Å². The molecule has 2 N–H and O–H groups in total. The van der Waals surface area contributed by atoms with E-state index in [0.29, 0.717) is 12.8 Å². The summed E-state index contributed by atoms with van der Waals surface area (Å²) in [7, 11) is -3.22. The fraction of sp³-hybridized carbons (Fsp3) is 0.579. The van der Waals surface area contributed by atoms with Crippen molar-refractivity contribution in [1.82, 2.24) is 5.32 Å². The highest BCUT2D eigenvalue weighted by molar-refractivity contribution is 7.92. The van der Waals surface area contributed by atoms with Crippen molar-refractivity contribution in [1.29, 1.82) is 0 Å². The van der Waals surface area contributed by atoms with Crippen LogP contribution in [0.25, 0.3) is 0 Å². The fourth-order valence-electron chi connectivity index (χ4n) is 3.48. The molecule has 0 saturated heterocycles. The molecule has 144 valence electrons. The molecule has 0 aromatic heterocycles. The molecule has 1 saturated carbocycles. The Labute approximate surface area is 155 Å². The molecule has 7 heteroatoms. The Balaban J connectivity index is 1.79. The fourth-order valence-corrected chi connectivity index (χ4v) is 5.33. The molecule has 1 aliphatic rings. The average Bonchev–Trinajstić information content (AvgIpc) is 3.10. The van der Waals surface area contributed by atoms with Crippen LogP contribution >= 0.6 is 0 Å². The van der Waals surface area contributed by atoms with E-state index >= 15 is 0 Å². The topological polar surface area (TPSA) is 92.3 Å². The van der Waals surface area contributed by atoms with Crippen molar-refractivity contribution < 1.29 is 18.0 Å². The van der Waals surface area contributed by atoms with E-state index in [1.165, 1.54) is 0 Å². The molecule has 0 unspecified atom stereocenters. The van der Waals surface area contributed by atoms with E-state index in [-0.39, 0.29) is 29.9 Å². The molecular formula is C19H28N2O4S. The standard InChI is InChI=1S/C19H28N2O4S/c1-13-10-14(2)19(15(3)11-13)21-18(23)12-20-17(22)8-9-26(24,25)16-6-4-5-7-16/h10-11,16H,4-9,12H2,1-3H3,(H,20,22)(H,21,23). The number of anilines is 1. The van der Waals surface area contributed by atoms with Crippen LogP contribution in [-0.2, 0) is 19.4 Å². The Morgan fingerprint density at radius 3 is 2.19 bits per heavy atom. The summed E-state index contributed by atoms with van der Waals surface area (Å²) < 4.78 is 24.3. The predicted octanol–water partition coefficient (Wildman–Crippen LogP) is 2.41. The summed E-state index contributed by atoms with van der Waals surface area (Å²) in [5, 5.41) is 5.01. The van der Waals surface area contributed by atoms with Crippen LogP contribution in [0.2, 0.25) is 0 Å². The molecule has 26 heavy (non-hydrogen) atoms. The third-order valence-corrected chi connectivity index (χ3v) is 7.07. The van der Waals surface area contributed by atoms with Gasteiger partial charge in [-0.15, -0.1) is 0 Å². The van der Waals surface area contributed by atoms with Crippen LogP contribution < -0.4 is 10.6 Å². The number of nitrogens with one attached hydrogen (secondary N) is 2. The summed E-state index contributed by atoms with van der Waals surface area (Å²) in [6.45, 7) is 5.66. The van der Waals surface area contributed by atoms with Gasteiger partial charge in [-0.05, 0) is 44.7 Å². The summed E-state index contributed by atoms with van der Waals surface area (Å²) in [4.78, 5) is 24.0. The van der Waals surface area contributed by atoms with E-state index < -0.39 is 15.7 Å². The van der Waals surface area contributed by atoms with E-state index in [0.717, 1.165) is 35.2 Å². The molecule has 0 spiro atoms. The zero-order valence-corrected chi connectivity index (χ0v) is 16.5. The van der Waals surface area contributed by atoms with Gasteiger partial charge in [-0.1, -0.05) is 30.5 Å². The second-order valence-electron chi connectivity index (χ2n) is 7.12. The zero-order valence-electron chi connectivity index (χ0n) is 15.7. The van der Waals surface area contributed by atoms with Crippen LogP contribution in [0.3, 0.4) is 0 Å². The first-order valence-corrected chi connectivity index (χ1v) is 10.8. The van der Waals surface area contributed by atoms with Gasteiger partial charge in [0.15, 0.2) is 9.84 Å². The Kier molecular flexibility index (Phi) is 6.81. The maximum Gasteiger partial charge on any atom is 0.243 e. The first kappa shape index (κ1) is 20.4. The monoisotopic (exact) mass is 380 g/mol. The molecule has 0 aliphatic heterocycles. The number of rotatable bonds is 7. The number of carbonyl (C=O) groups is 2. The molecule has 1 fully saturated rings. The second-order valence-corrected chi connectivity index (χ2v) is 9.52. The Morgan fingerprint density at radius 2 is 1.62 bits per heavy atom. The number of hydrogen-bond acceptors (Lipinski definition) is 4. The summed E-state index contributed by atoms with van der Waals surface area (Å²) in [5.41, 5.74) is 3.79. The average molecular weight is 381 g/mol. The van der Waals surface area contributed by atoms with Gasteiger partial charge < -0.3 is 10.6 Å². The van der Waals surface area contributed by atoms with Gasteiger partial charge in [0, 0.05) is 12.1 Å². The largest absolute Gasteiger partial charge is 0.347 e. The normalized spacial score (nSPS) is 15.0. The van der Waals surface area contributed by atoms with Crippen molar-refractivity contribution in [2.24, 2.45) is 0 Å². The molecule has 0 radical (unpaired) electrons. The van der Waals surface area contributed by atoms with Gasteiger partial charge in [0.1, 0.15) is 0 Å². The summed E-state index contributed by atoms with van der Waals surface area (Å²) in [5.74, 6) is -0.896. The highest BCUT2D eigenvalue weighted by Gasteiger charge is 2.28. The number of amides is 2. The van der Waals surface area contributed by atoms with Crippen LogP contribution in [-0.4, -0.2) is 37.8 Å². The number of benzene rings is 1. The van der Waals surface area contributed by atoms with Gasteiger partial charge in [-0.2, -0.15) is 0 Å². The van der Waals surface area contributed by atoms with Crippen LogP contribution in [0.15, 0.2) is 12.1 Å². The number of carbonyl (C=O) groups excluding carboxylic acids is 2. The van der Waals surface area contributed by atoms with Crippen LogP contribution in [0.4, 0.5) is 5.69 Å². The molecule has 2 amide bonds. The third kappa shape index (κ3) is 5.56. The molecule has 0 heterocycles. The van der Waals surface area contributed by atoms with Crippen molar-refractivity contribution in [3.05, 3.63) is 28.8 Å². The van der Waals surface area contributed by atoms with Gasteiger partial charge in [0.2, 0.25) is 11.8 Å². The van der Waals surface area contributed by atoms with Crippen LogP contribution in [0.5, 0.6) is 0 Å². The van der Waals surface area contributed by atoms with Gasteiger partial charge in [0.05, 0.1) is 17.5 Å². The molecule has 1 aromatic carbocycles. The lowest BCUT2D eigenvalue weighted by Gasteiger charge is -2.13. The minimum Gasteiger partial charge on any atom is -0.347 e. The maximum absolute atomic E-state index is 12.2. The van der Waals surface area contributed by atoms with Crippen molar-refractivity contribution in [2.45, 2.75) is 58.1 Å². The van der Waals surface area contributed by atoms with E-state index in [1.54, 1.807) is 0 Å².